The minimum Gasteiger partial charge on any atom is -0.491 e. The molecule has 1 aromatic rings. The maximum Gasteiger partial charge on any atom is 0.257 e. The zero-order chi connectivity index (χ0) is 12.1. The Morgan fingerprint density at radius 2 is 2.12 bits per heavy atom. The van der Waals surface area contributed by atoms with Gasteiger partial charge in [-0.1, -0.05) is 28.1 Å². The van der Waals surface area contributed by atoms with E-state index < -0.39 is 0 Å². The SMILES string of the molecule is O=C1c2ccccc2OCCN1CCCCBr. The summed E-state index contributed by atoms with van der Waals surface area (Å²) in [7, 11) is 0. The molecule has 3 nitrogen and oxygen atoms in total. The van der Waals surface area contributed by atoms with E-state index in [9.17, 15) is 4.79 Å². The van der Waals surface area contributed by atoms with E-state index in [1.54, 1.807) is 0 Å². The van der Waals surface area contributed by atoms with Crippen LogP contribution < -0.4 is 4.74 Å². The van der Waals surface area contributed by atoms with E-state index in [1.807, 2.05) is 29.2 Å². The van der Waals surface area contributed by atoms with Gasteiger partial charge in [0.1, 0.15) is 12.4 Å². The summed E-state index contributed by atoms with van der Waals surface area (Å²) in [6.07, 6.45) is 2.12. The number of para-hydroxylation sites is 1. The lowest BCUT2D eigenvalue weighted by Crippen LogP contribution is -2.33. The fourth-order valence-electron chi connectivity index (χ4n) is 1.92. The predicted molar refractivity (Wildman–Crippen MR) is 70.9 cm³/mol. The van der Waals surface area contributed by atoms with Crippen molar-refractivity contribution >= 4 is 21.8 Å². The third kappa shape index (κ3) is 3.00. The number of halogens is 1. The number of carbonyl (C=O) groups is 1. The molecule has 1 aliphatic heterocycles. The summed E-state index contributed by atoms with van der Waals surface area (Å²) in [4.78, 5) is 14.1. The van der Waals surface area contributed by atoms with Gasteiger partial charge in [0.15, 0.2) is 0 Å². The molecule has 0 spiro atoms. The summed E-state index contributed by atoms with van der Waals surface area (Å²) in [6.45, 7) is 2.06. The second kappa shape index (κ2) is 6.05. The van der Waals surface area contributed by atoms with E-state index >= 15 is 0 Å². The molecule has 17 heavy (non-hydrogen) atoms. The Labute approximate surface area is 110 Å². The van der Waals surface area contributed by atoms with E-state index in [1.165, 1.54) is 0 Å². The first-order chi connectivity index (χ1) is 8.33. The van der Waals surface area contributed by atoms with Gasteiger partial charge in [-0.15, -0.1) is 0 Å². The standard InChI is InChI=1S/C13H16BrNO2/c14-7-3-4-8-15-9-10-17-12-6-2-1-5-11(12)13(15)16/h1-2,5-6H,3-4,7-10H2. The lowest BCUT2D eigenvalue weighted by molar-refractivity contribution is 0.0753. The molecule has 0 unspecified atom stereocenters. The summed E-state index contributed by atoms with van der Waals surface area (Å²) >= 11 is 3.40. The van der Waals surface area contributed by atoms with Crippen LogP contribution in [0.25, 0.3) is 0 Å². The van der Waals surface area contributed by atoms with Crippen LogP contribution in [0.5, 0.6) is 5.75 Å². The Morgan fingerprint density at radius 1 is 1.29 bits per heavy atom. The fraction of sp³-hybridized carbons (Fsp3) is 0.462. The zero-order valence-electron chi connectivity index (χ0n) is 9.69. The van der Waals surface area contributed by atoms with Gasteiger partial charge in [-0.3, -0.25) is 4.79 Å². The van der Waals surface area contributed by atoms with Crippen LogP contribution in [0.4, 0.5) is 0 Å². The number of carbonyl (C=O) groups excluding carboxylic acids is 1. The van der Waals surface area contributed by atoms with Gasteiger partial charge in [-0.25, -0.2) is 0 Å². The number of hydrogen-bond donors (Lipinski definition) is 0. The molecule has 1 aliphatic rings. The van der Waals surface area contributed by atoms with Gasteiger partial charge in [0.2, 0.25) is 0 Å². The first-order valence-corrected chi connectivity index (χ1v) is 7.02. The first kappa shape index (κ1) is 12.4. The number of ether oxygens (including phenoxy) is 1. The van der Waals surface area contributed by atoms with Gasteiger partial charge in [-0.2, -0.15) is 0 Å². The summed E-state index contributed by atoms with van der Waals surface area (Å²) in [5.74, 6) is 0.799. The van der Waals surface area contributed by atoms with E-state index in [0.717, 1.165) is 24.7 Å². The Morgan fingerprint density at radius 3 is 2.94 bits per heavy atom. The van der Waals surface area contributed by atoms with Crippen molar-refractivity contribution in [3.05, 3.63) is 29.8 Å². The second-order valence-corrected chi connectivity index (χ2v) is 4.83. The quantitative estimate of drug-likeness (QED) is 0.632. The molecule has 0 saturated carbocycles. The molecular weight excluding hydrogens is 282 g/mol. The fourth-order valence-corrected chi connectivity index (χ4v) is 2.31. The van der Waals surface area contributed by atoms with Gasteiger partial charge in [0, 0.05) is 11.9 Å². The highest BCUT2D eigenvalue weighted by Crippen LogP contribution is 2.22. The first-order valence-electron chi connectivity index (χ1n) is 5.90. The van der Waals surface area contributed by atoms with Crippen LogP contribution >= 0.6 is 15.9 Å². The number of benzene rings is 1. The molecule has 0 bridgehead atoms. The van der Waals surface area contributed by atoms with Crippen LogP contribution in [-0.4, -0.2) is 35.8 Å². The van der Waals surface area contributed by atoms with Crippen molar-refractivity contribution in [1.29, 1.82) is 0 Å². The predicted octanol–water partition coefficient (Wildman–Crippen LogP) is 2.70. The number of amides is 1. The molecule has 0 aromatic heterocycles. The lowest BCUT2D eigenvalue weighted by atomic mass is 10.1. The van der Waals surface area contributed by atoms with E-state index in [2.05, 4.69) is 15.9 Å². The Hall–Kier alpha value is -1.03. The molecule has 1 aromatic carbocycles. The number of unbranched alkanes of at least 4 members (excludes halogenated alkanes) is 1. The normalized spacial score (nSPS) is 15.1. The van der Waals surface area contributed by atoms with Crippen molar-refractivity contribution in [2.75, 3.05) is 25.0 Å². The van der Waals surface area contributed by atoms with E-state index in [-0.39, 0.29) is 5.91 Å². The number of alkyl halides is 1. The molecular formula is C13H16BrNO2. The highest BCUT2D eigenvalue weighted by atomic mass is 79.9. The minimum atomic E-state index is 0.0904. The molecule has 92 valence electrons. The average Bonchev–Trinajstić information content (AvgIpc) is 2.51. The van der Waals surface area contributed by atoms with Crippen LogP contribution in [0.15, 0.2) is 24.3 Å². The van der Waals surface area contributed by atoms with E-state index in [0.29, 0.717) is 24.5 Å². The van der Waals surface area contributed by atoms with Crippen LogP contribution in [0.2, 0.25) is 0 Å². The summed E-state index contributed by atoms with van der Waals surface area (Å²) in [6, 6.07) is 7.46. The second-order valence-electron chi connectivity index (χ2n) is 4.03. The molecule has 0 fully saturated rings. The largest absolute Gasteiger partial charge is 0.491 e. The monoisotopic (exact) mass is 297 g/mol. The van der Waals surface area contributed by atoms with Gasteiger partial charge >= 0.3 is 0 Å². The summed E-state index contributed by atoms with van der Waals surface area (Å²) in [5.41, 5.74) is 0.684. The van der Waals surface area contributed by atoms with Crippen LogP contribution in [0, 0.1) is 0 Å². The molecule has 0 N–H and O–H groups in total. The molecule has 1 heterocycles. The maximum atomic E-state index is 12.3. The van der Waals surface area contributed by atoms with Crippen LogP contribution in [0.1, 0.15) is 23.2 Å². The van der Waals surface area contributed by atoms with Gasteiger partial charge in [0.25, 0.3) is 5.91 Å². The molecule has 0 radical (unpaired) electrons. The van der Waals surface area contributed by atoms with Crippen molar-refractivity contribution in [3.63, 3.8) is 0 Å². The number of hydrogen-bond acceptors (Lipinski definition) is 2. The van der Waals surface area contributed by atoms with Crippen LogP contribution in [-0.2, 0) is 0 Å². The van der Waals surface area contributed by atoms with Crippen molar-refractivity contribution in [2.24, 2.45) is 0 Å². The Kier molecular flexibility index (Phi) is 4.42. The molecule has 2 rings (SSSR count). The van der Waals surface area contributed by atoms with Gasteiger partial charge in [-0.05, 0) is 25.0 Å². The zero-order valence-corrected chi connectivity index (χ0v) is 11.3. The van der Waals surface area contributed by atoms with E-state index in [4.69, 9.17) is 4.74 Å². The molecule has 0 atom stereocenters. The Bertz CT molecular complexity index is 395. The third-order valence-electron chi connectivity index (χ3n) is 2.84. The molecule has 0 aliphatic carbocycles. The van der Waals surface area contributed by atoms with Crippen molar-refractivity contribution in [1.82, 2.24) is 4.90 Å². The number of nitrogens with zero attached hydrogens (tertiary/aromatic N) is 1. The minimum absolute atomic E-state index is 0.0904. The Balaban J connectivity index is 2.09. The maximum absolute atomic E-state index is 12.3. The number of rotatable bonds is 4. The lowest BCUT2D eigenvalue weighted by Gasteiger charge is -2.19. The summed E-state index contributed by atoms with van der Waals surface area (Å²) in [5, 5.41) is 0.988. The highest BCUT2D eigenvalue weighted by Gasteiger charge is 2.22. The summed E-state index contributed by atoms with van der Waals surface area (Å²) < 4.78 is 5.58. The van der Waals surface area contributed by atoms with Crippen molar-refractivity contribution in [3.8, 4) is 5.75 Å². The number of fused-ring (bicyclic) bond motifs is 1. The molecule has 0 saturated heterocycles. The van der Waals surface area contributed by atoms with Gasteiger partial charge in [0.05, 0.1) is 12.1 Å². The van der Waals surface area contributed by atoms with Crippen molar-refractivity contribution < 1.29 is 9.53 Å². The highest BCUT2D eigenvalue weighted by molar-refractivity contribution is 9.09. The molecule has 1 amide bonds. The molecule has 4 heteroatoms. The topological polar surface area (TPSA) is 29.5 Å². The third-order valence-corrected chi connectivity index (χ3v) is 3.40. The smallest absolute Gasteiger partial charge is 0.257 e. The van der Waals surface area contributed by atoms with Gasteiger partial charge < -0.3 is 9.64 Å². The van der Waals surface area contributed by atoms with Crippen LogP contribution in [0.3, 0.4) is 0 Å². The van der Waals surface area contributed by atoms with Crippen molar-refractivity contribution in [2.45, 2.75) is 12.8 Å². The average molecular weight is 298 g/mol.